The molecule has 9 nitrogen and oxygen atoms in total. The van der Waals surface area contributed by atoms with Gasteiger partial charge >= 0.3 is 0 Å². The summed E-state index contributed by atoms with van der Waals surface area (Å²) in [4.78, 5) is 25.2. The molecule has 0 spiro atoms. The maximum absolute atomic E-state index is 12.8. The van der Waals surface area contributed by atoms with Crippen LogP contribution in [-0.2, 0) is 19.9 Å². The summed E-state index contributed by atoms with van der Waals surface area (Å²) in [5.74, 6) is -1.22. The number of carbonyl (C=O) groups excluding carboxylic acids is 2. The van der Waals surface area contributed by atoms with E-state index in [1.54, 1.807) is 24.3 Å². The molecule has 2 aromatic rings. The number of hydrogen-bond acceptors (Lipinski definition) is 6. The molecule has 0 saturated carbocycles. The monoisotopic (exact) mass is 493 g/mol. The van der Waals surface area contributed by atoms with Crippen molar-refractivity contribution < 1.29 is 26.4 Å². The van der Waals surface area contributed by atoms with E-state index in [0.717, 1.165) is 6.42 Å². The van der Waals surface area contributed by atoms with Gasteiger partial charge in [0.1, 0.15) is 0 Å². The van der Waals surface area contributed by atoms with Crippen LogP contribution < -0.4 is 15.4 Å². The Hall–Kier alpha value is -2.76. The first-order chi connectivity index (χ1) is 15.5. The SMILES string of the molecule is CC[C@@H](C)NC(=O)c1ccccc1NC(=O)c1cccc(S(=O)(=O)N[C@@H]2CCS(=O)(=O)C2)c1. The third kappa shape index (κ3) is 6.40. The average Bonchev–Trinajstić information content (AvgIpc) is 3.11. The van der Waals surface area contributed by atoms with Gasteiger partial charge in [-0.1, -0.05) is 25.1 Å². The zero-order valence-corrected chi connectivity index (χ0v) is 20.0. The van der Waals surface area contributed by atoms with Gasteiger partial charge in [-0.05, 0) is 50.1 Å². The fourth-order valence-electron chi connectivity index (χ4n) is 3.37. The quantitative estimate of drug-likeness (QED) is 0.514. The summed E-state index contributed by atoms with van der Waals surface area (Å²) < 4.78 is 51.1. The molecule has 1 heterocycles. The largest absolute Gasteiger partial charge is 0.350 e. The molecule has 33 heavy (non-hydrogen) atoms. The molecule has 1 fully saturated rings. The van der Waals surface area contributed by atoms with Gasteiger partial charge < -0.3 is 10.6 Å². The van der Waals surface area contributed by atoms with Crippen molar-refractivity contribution in [2.24, 2.45) is 0 Å². The van der Waals surface area contributed by atoms with Crippen LogP contribution in [0.2, 0.25) is 0 Å². The van der Waals surface area contributed by atoms with Crippen molar-refractivity contribution in [3.8, 4) is 0 Å². The van der Waals surface area contributed by atoms with E-state index in [9.17, 15) is 26.4 Å². The minimum atomic E-state index is -4.02. The third-order valence-corrected chi connectivity index (χ3v) is 8.66. The highest BCUT2D eigenvalue weighted by molar-refractivity contribution is 7.92. The van der Waals surface area contributed by atoms with Crippen LogP contribution in [-0.4, -0.2) is 52.2 Å². The van der Waals surface area contributed by atoms with Crippen LogP contribution in [0.4, 0.5) is 5.69 Å². The highest BCUT2D eigenvalue weighted by Crippen LogP contribution is 2.20. The second-order valence-corrected chi connectivity index (χ2v) is 12.0. The fourth-order valence-corrected chi connectivity index (χ4v) is 6.46. The van der Waals surface area contributed by atoms with Crippen molar-refractivity contribution in [3.05, 3.63) is 59.7 Å². The van der Waals surface area contributed by atoms with Gasteiger partial charge in [-0.2, -0.15) is 0 Å². The summed E-state index contributed by atoms with van der Waals surface area (Å²) in [5.41, 5.74) is 0.666. The number of amides is 2. The maximum Gasteiger partial charge on any atom is 0.255 e. The summed E-state index contributed by atoms with van der Waals surface area (Å²) in [5, 5.41) is 5.51. The summed E-state index contributed by atoms with van der Waals surface area (Å²) in [7, 11) is -7.27. The Balaban J connectivity index is 1.78. The molecule has 0 unspecified atom stereocenters. The molecule has 3 rings (SSSR count). The zero-order valence-electron chi connectivity index (χ0n) is 18.4. The second kappa shape index (κ2) is 10.0. The van der Waals surface area contributed by atoms with Gasteiger partial charge in [0.25, 0.3) is 11.8 Å². The Morgan fingerprint density at radius 1 is 1.09 bits per heavy atom. The van der Waals surface area contributed by atoms with Crippen molar-refractivity contribution >= 4 is 37.4 Å². The molecule has 2 amide bonds. The van der Waals surface area contributed by atoms with Crippen LogP contribution in [0.15, 0.2) is 53.4 Å². The van der Waals surface area contributed by atoms with Gasteiger partial charge in [0.2, 0.25) is 10.0 Å². The summed E-state index contributed by atoms with van der Waals surface area (Å²) in [6.07, 6.45) is 0.958. The molecular weight excluding hydrogens is 466 g/mol. The molecule has 1 aliphatic heterocycles. The van der Waals surface area contributed by atoms with Crippen molar-refractivity contribution in [3.63, 3.8) is 0 Å². The Morgan fingerprint density at radius 3 is 2.48 bits per heavy atom. The average molecular weight is 494 g/mol. The van der Waals surface area contributed by atoms with Crippen molar-refractivity contribution in [2.45, 2.75) is 43.7 Å². The molecule has 2 atom stereocenters. The lowest BCUT2D eigenvalue weighted by Gasteiger charge is -2.15. The minimum absolute atomic E-state index is 0.0366. The first kappa shape index (κ1) is 24.9. The fraction of sp³-hybridized carbons (Fsp3) is 0.364. The van der Waals surface area contributed by atoms with Crippen molar-refractivity contribution in [2.75, 3.05) is 16.8 Å². The van der Waals surface area contributed by atoms with E-state index in [2.05, 4.69) is 15.4 Å². The molecule has 178 valence electrons. The lowest BCUT2D eigenvalue weighted by molar-refractivity contribution is 0.0940. The standard InChI is InChI=1S/C22H27N3O6S2/c1-3-15(2)23-22(27)19-9-4-5-10-20(19)24-21(26)16-7-6-8-18(13-16)33(30,31)25-17-11-12-32(28,29)14-17/h4-10,13,15,17,25H,3,11-12,14H2,1-2H3,(H,23,27)(H,24,26)/t15-,17-/m1/s1. The highest BCUT2D eigenvalue weighted by Gasteiger charge is 2.31. The number of hydrogen-bond donors (Lipinski definition) is 3. The predicted octanol–water partition coefficient (Wildman–Crippen LogP) is 1.93. The van der Waals surface area contributed by atoms with E-state index in [-0.39, 0.29) is 40.3 Å². The van der Waals surface area contributed by atoms with Gasteiger partial charge in [0.15, 0.2) is 9.84 Å². The third-order valence-electron chi connectivity index (χ3n) is 5.37. The molecule has 11 heteroatoms. The van der Waals surface area contributed by atoms with Gasteiger partial charge in [-0.3, -0.25) is 9.59 Å². The normalized spacial score (nSPS) is 18.4. The van der Waals surface area contributed by atoms with E-state index in [4.69, 9.17) is 0 Å². The van der Waals surface area contributed by atoms with Crippen LogP contribution in [0.25, 0.3) is 0 Å². The molecule has 2 aromatic carbocycles. The molecule has 1 saturated heterocycles. The smallest absolute Gasteiger partial charge is 0.255 e. The lowest BCUT2D eigenvalue weighted by atomic mass is 10.1. The topological polar surface area (TPSA) is 139 Å². The minimum Gasteiger partial charge on any atom is -0.350 e. The van der Waals surface area contributed by atoms with Crippen LogP contribution in [0.1, 0.15) is 47.4 Å². The maximum atomic E-state index is 12.8. The Morgan fingerprint density at radius 2 is 1.82 bits per heavy atom. The van der Waals surface area contributed by atoms with E-state index in [1.807, 2.05) is 13.8 Å². The van der Waals surface area contributed by atoms with Crippen LogP contribution in [0, 0.1) is 0 Å². The lowest BCUT2D eigenvalue weighted by Crippen LogP contribution is -2.35. The van der Waals surface area contributed by atoms with Crippen LogP contribution in [0.5, 0.6) is 0 Å². The van der Waals surface area contributed by atoms with Gasteiger partial charge in [-0.15, -0.1) is 0 Å². The molecule has 3 N–H and O–H groups in total. The summed E-state index contributed by atoms with van der Waals surface area (Å²) >= 11 is 0. The van der Waals surface area contributed by atoms with E-state index in [0.29, 0.717) is 11.3 Å². The molecule has 0 aliphatic carbocycles. The second-order valence-electron chi connectivity index (χ2n) is 8.03. The first-order valence-corrected chi connectivity index (χ1v) is 13.9. The number of rotatable bonds is 8. The number of para-hydroxylation sites is 1. The highest BCUT2D eigenvalue weighted by atomic mass is 32.2. The predicted molar refractivity (Wildman–Crippen MR) is 125 cm³/mol. The van der Waals surface area contributed by atoms with Crippen molar-refractivity contribution in [1.82, 2.24) is 10.0 Å². The first-order valence-electron chi connectivity index (χ1n) is 10.5. The Labute approximate surface area is 193 Å². The number of nitrogens with one attached hydrogen (secondary N) is 3. The van der Waals surface area contributed by atoms with Crippen molar-refractivity contribution in [1.29, 1.82) is 0 Å². The van der Waals surface area contributed by atoms with Crippen LogP contribution in [0.3, 0.4) is 0 Å². The summed E-state index contributed by atoms with van der Waals surface area (Å²) in [6, 6.07) is 11.2. The van der Waals surface area contributed by atoms with E-state index < -0.39 is 31.8 Å². The molecule has 0 aromatic heterocycles. The van der Waals surface area contributed by atoms with E-state index in [1.165, 1.54) is 24.3 Å². The Bertz CT molecular complexity index is 1260. The molecule has 1 aliphatic rings. The summed E-state index contributed by atoms with van der Waals surface area (Å²) in [6.45, 7) is 3.82. The van der Waals surface area contributed by atoms with Gasteiger partial charge in [0.05, 0.1) is 27.7 Å². The van der Waals surface area contributed by atoms with Gasteiger partial charge in [-0.25, -0.2) is 21.6 Å². The number of sulfonamides is 1. The Kier molecular flexibility index (Phi) is 7.55. The molecule has 0 bridgehead atoms. The van der Waals surface area contributed by atoms with Gasteiger partial charge in [0, 0.05) is 17.6 Å². The number of carbonyl (C=O) groups is 2. The van der Waals surface area contributed by atoms with E-state index >= 15 is 0 Å². The number of anilines is 1. The number of sulfone groups is 1. The molecular formula is C22H27N3O6S2. The number of benzene rings is 2. The zero-order chi connectivity index (χ0) is 24.2. The molecule has 0 radical (unpaired) electrons. The van der Waals surface area contributed by atoms with Crippen LogP contribution >= 0.6 is 0 Å².